The lowest BCUT2D eigenvalue weighted by molar-refractivity contribution is 0.0996. The Balaban J connectivity index is 1.59. The van der Waals surface area contributed by atoms with Gasteiger partial charge in [0.1, 0.15) is 11.5 Å². The zero-order chi connectivity index (χ0) is 20.8. The van der Waals surface area contributed by atoms with E-state index in [9.17, 15) is 4.79 Å². The fraction of sp³-hybridized carbons (Fsp3) is 0.167. The quantitative estimate of drug-likeness (QED) is 0.384. The Morgan fingerprint density at radius 2 is 1.63 bits per heavy atom. The molecule has 1 amide bonds. The first-order chi connectivity index (χ1) is 14.7. The number of thiazole rings is 1. The molecule has 0 radical (unpaired) electrons. The van der Waals surface area contributed by atoms with Crippen molar-refractivity contribution in [2.75, 3.05) is 13.2 Å². The third kappa shape index (κ3) is 4.67. The number of aromatic nitrogens is 1. The Kier molecular flexibility index (Phi) is 6.37. The van der Waals surface area contributed by atoms with Gasteiger partial charge in [0.15, 0.2) is 4.80 Å². The molecule has 1 aromatic heterocycles. The highest BCUT2D eigenvalue weighted by atomic mass is 32.1. The van der Waals surface area contributed by atoms with Crippen LogP contribution in [0.15, 0.2) is 83.9 Å². The summed E-state index contributed by atoms with van der Waals surface area (Å²) in [7, 11) is 0. The normalized spacial score (nSPS) is 11.7. The topological polar surface area (TPSA) is 52.8 Å². The van der Waals surface area contributed by atoms with Gasteiger partial charge in [-0.3, -0.25) is 4.79 Å². The molecule has 152 valence electrons. The number of carbonyl (C=O) groups is 1. The number of fused-ring (bicyclic) bond motifs is 1. The monoisotopic (exact) mass is 418 g/mol. The zero-order valence-electron chi connectivity index (χ0n) is 16.7. The maximum atomic E-state index is 12.8. The third-order valence-electron chi connectivity index (χ3n) is 4.53. The van der Waals surface area contributed by atoms with Crippen LogP contribution in [-0.4, -0.2) is 23.7 Å². The van der Waals surface area contributed by atoms with Gasteiger partial charge in [0.2, 0.25) is 0 Å². The lowest BCUT2D eigenvalue weighted by Gasteiger charge is -2.06. The Labute approximate surface area is 178 Å². The molecule has 4 aromatic rings. The molecule has 0 atom stereocenters. The summed E-state index contributed by atoms with van der Waals surface area (Å²) in [6.07, 6.45) is 0. The smallest absolute Gasteiger partial charge is 0.279 e. The van der Waals surface area contributed by atoms with E-state index in [1.54, 1.807) is 24.3 Å². The average Bonchev–Trinajstić information content (AvgIpc) is 3.12. The molecule has 3 aromatic carbocycles. The Morgan fingerprint density at radius 3 is 2.40 bits per heavy atom. The number of ether oxygens (including phenoxy) is 2. The molecule has 5 nitrogen and oxygen atoms in total. The van der Waals surface area contributed by atoms with Crippen LogP contribution >= 0.6 is 11.3 Å². The highest BCUT2D eigenvalue weighted by Gasteiger charge is 2.09. The van der Waals surface area contributed by atoms with Crippen LogP contribution in [-0.2, 0) is 11.3 Å². The Hall–Kier alpha value is -3.22. The number of para-hydroxylation sites is 2. The molecule has 0 aliphatic carbocycles. The maximum Gasteiger partial charge on any atom is 0.279 e. The standard InChI is InChI=1S/C24H22N2O3S/c1-2-28-17-16-26-21-10-6-7-11-22(21)30-24(26)25-23(27)18-12-14-20(15-13-18)29-19-8-4-3-5-9-19/h3-15H,2,16-17H2,1H3. The zero-order valence-corrected chi connectivity index (χ0v) is 17.5. The first-order valence-corrected chi connectivity index (χ1v) is 10.6. The summed E-state index contributed by atoms with van der Waals surface area (Å²) >= 11 is 1.51. The van der Waals surface area contributed by atoms with E-state index in [0.717, 1.165) is 16.0 Å². The minimum Gasteiger partial charge on any atom is -0.457 e. The van der Waals surface area contributed by atoms with E-state index >= 15 is 0 Å². The van der Waals surface area contributed by atoms with Crippen LogP contribution in [0.3, 0.4) is 0 Å². The minimum atomic E-state index is -0.280. The highest BCUT2D eigenvalue weighted by Crippen LogP contribution is 2.21. The molecule has 30 heavy (non-hydrogen) atoms. The third-order valence-corrected chi connectivity index (χ3v) is 5.59. The van der Waals surface area contributed by atoms with Crippen molar-refractivity contribution in [3.8, 4) is 11.5 Å². The van der Waals surface area contributed by atoms with Crippen molar-refractivity contribution in [1.82, 2.24) is 4.57 Å². The molecule has 0 unspecified atom stereocenters. The second-order valence-electron chi connectivity index (χ2n) is 6.56. The summed E-state index contributed by atoms with van der Waals surface area (Å²) in [4.78, 5) is 17.9. The van der Waals surface area contributed by atoms with E-state index in [1.165, 1.54) is 11.3 Å². The number of rotatable bonds is 7. The second-order valence-corrected chi connectivity index (χ2v) is 7.57. The summed E-state index contributed by atoms with van der Waals surface area (Å²) in [6, 6.07) is 24.6. The van der Waals surface area contributed by atoms with E-state index in [1.807, 2.05) is 66.1 Å². The summed E-state index contributed by atoms with van der Waals surface area (Å²) in [5.41, 5.74) is 1.57. The van der Waals surface area contributed by atoms with Crippen molar-refractivity contribution in [3.05, 3.63) is 89.2 Å². The SMILES string of the molecule is CCOCCn1c(=NC(=O)c2ccc(Oc3ccccc3)cc2)sc2ccccc21. The van der Waals surface area contributed by atoms with Crippen LogP contribution in [0, 0.1) is 0 Å². The van der Waals surface area contributed by atoms with Gasteiger partial charge in [-0.25, -0.2) is 0 Å². The van der Waals surface area contributed by atoms with E-state index in [-0.39, 0.29) is 5.91 Å². The number of benzene rings is 3. The largest absolute Gasteiger partial charge is 0.457 e. The molecule has 0 aliphatic rings. The minimum absolute atomic E-state index is 0.280. The number of nitrogens with zero attached hydrogens (tertiary/aromatic N) is 2. The van der Waals surface area contributed by atoms with Gasteiger partial charge < -0.3 is 14.0 Å². The maximum absolute atomic E-state index is 12.8. The van der Waals surface area contributed by atoms with Crippen LogP contribution in [0.2, 0.25) is 0 Å². The summed E-state index contributed by atoms with van der Waals surface area (Å²) < 4.78 is 14.4. The van der Waals surface area contributed by atoms with Gasteiger partial charge in [-0.05, 0) is 55.5 Å². The van der Waals surface area contributed by atoms with Crippen molar-refractivity contribution in [1.29, 1.82) is 0 Å². The molecule has 1 heterocycles. The molecule has 0 saturated carbocycles. The molecule has 0 N–H and O–H groups in total. The van der Waals surface area contributed by atoms with Crippen LogP contribution in [0.25, 0.3) is 10.2 Å². The van der Waals surface area contributed by atoms with Gasteiger partial charge in [0.25, 0.3) is 5.91 Å². The van der Waals surface area contributed by atoms with Crippen molar-refractivity contribution in [2.45, 2.75) is 13.5 Å². The summed E-state index contributed by atoms with van der Waals surface area (Å²) in [6.45, 7) is 3.85. The molecule has 4 rings (SSSR count). The molecule has 0 aliphatic heterocycles. The molecular formula is C24H22N2O3S. The fourth-order valence-electron chi connectivity index (χ4n) is 3.06. The summed E-state index contributed by atoms with van der Waals surface area (Å²) in [5.74, 6) is 1.14. The van der Waals surface area contributed by atoms with E-state index in [0.29, 0.717) is 35.9 Å². The molecule has 6 heteroatoms. The Morgan fingerprint density at radius 1 is 0.933 bits per heavy atom. The molecular weight excluding hydrogens is 396 g/mol. The first-order valence-electron chi connectivity index (χ1n) is 9.83. The van der Waals surface area contributed by atoms with Crippen molar-refractivity contribution in [2.24, 2.45) is 4.99 Å². The predicted octanol–water partition coefficient (Wildman–Crippen LogP) is 5.27. The van der Waals surface area contributed by atoms with E-state index in [2.05, 4.69) is 4.99 Å². The van der Waals surface area contributed by atoms with Crippen molar-refractivity contribution >= 4 is 27.5 Å². The van der Waals surface area contributed by atoms with E-state index < -0.39 is 0 Å². The van der Waals surface area contributed by atoms with Gasteiger partial charge in [-0.2, -0.15) is 4.99 Å². The van der Waals surface area contributed by atoms with Gasteiger partial charge in [-0.1, -0.05) is 41.7 Å². The Bertz CT molecular complexity index is 1190. The number of amides is 1. The van der Waals surface area contributed by atoms with E-state index in [4.69, 9.17) is 9.47 Å². The summed E-state index contributed by atoms with van der Waals surface area (Å²) in [5, 5.41) is 0. The second kappa shape index (κ2) is 9.52. The van der Waals surface area contributed by atoms with Crippen LogP contribution in [0.1, 0.15) is 17.3 Å². The highest BCUT2D eigenvalue weighted by molar-refractivity contribution is 7.16. The predicted molar refractivity (Wildman–Crippen MR) is 119 cm³/mol. The van der Waals surface area contributed by atoms with Gasteiger partial charge in [0.05, 0.1) is 16.8 Å². The van der Waals surface area contributed by atoms with Crippen molar-refractivity contribution in [3.63, 3.8) is 0 Å². The molecule has 0 spiro atoms. The lowest BCUT2D eigenvalue weighted by atomic mass is 10.2. The molecule has 0 bridgehead atoms. The van der Waals surface area contributed by atoms with Gasteiger partial charge >= 0.3 is 0 Å². The number of hydrogen-bond acceptors (Lipinski definition) is 4. The number of carbonyl (C=O) groups excluding carboxylic acids is 1. The van der Waals surface area contributed by atoms with Gasteiger partial charge in [-0.15, -0.1) is 0 Å². The first kappa shape index (κ1) is 20.1. The van der Waals surface area contributed by atoms with Crippen molar-refractivity contribution < 1.29 is 14.3 Å². The lowest BCUT2D eigenvalue weighted by Crippen LogP contribution is -2.19. The molecule has 0 fully saturated rings. The van der Waals surface area contributed by atoms with Gasteiger partial charge in [0, 0.05) is 18.7 Å². The fourth-order valence-corrected chi connectivity index (χ4v) is 4.12. The number of hydrogen-bond donors (Lipinski definition) is 0. The van der Waals surface area contributed by atoms with Crippen LogP contribution in [0.5, 0.6) is 11.5 Å². The molecule has 0 saturated heterocycles. The average molecular weight is 419 g/mol. The van der Waals surface area contributed by atoms with Crippen LogP contribution < -0.4 is 9.54 Å². The van der Waals surface area contributed by atoms with Crippen LogP contribution in [0.4, 0.5) is 0 Å².